The summed E-state index contributed by atoms with van der Waals surface area (Å²) >= 11 is 5.57. The van der Waals surface area contributed by atoms with E-state index in [1.165, 1.54) is 0 Å². The molecule has 17 heavy (non-hydrogen) atoms. The van der Waals surface area contributed by atoms with Gasteiger partial charge in [-0.15, -0.1) is 11.6 Å². The summed E-state index contributed by atoms with van der Waals surface area (Å²) < 4.78 is 5.34. The summed E-state index contributed by atoms with van der Waals surface area (Å²) in [5.74, 6) is 0.355. The monoisotopic (exact) mass is 259 g/mol. The van der Waals surface area contributed by atoms with Gasteiger partial charge in [0.15, 0.2) is 5.78 Å². The smallest absolute Gasteiger partial charge is 0.411 e. The van der Waals surface area contributed by atoms with Crippen molar-refractivity contribution in [2.45, 2.75) is 51.3 Å². The maximum absolute atomic E-state index is 12.0. The third-order valence-corrected chi connectivity index (χ3v) is 3.48. The van der Waals surface area contributed by atoms with Gasteiger partial charge in [0.2, 0.25) is 0 Å². The third-order valence-electron chi connectivity index (χ3n) is 3.21. The number of fused-ring (bicyclic) bond motifs is 1. The number of ketones is 1. The standard InChI is InChI=1S/C12H18ClNO3/c1-12(2,3)17-11(16)14-8-4-7(8)5-9(14)10(15)6-13/h7-9H,4-6H2,1-3H3/t7-,8-,9+/m1/s1. The molecule has 96 valence electrons. The number of amides is 1. The number of likely N-dealkylation sites (tertiary alicyclic amines) is 1. The lowest BCUT2D eigenvalue weighted by Gasteiger charge is -2.29. The minimum Gasteiger partial charge on any atom is -0.444 e. The van der Waals surface area contributed by atoms with Crippen molar-refractivity contribution in [3.63, 3.8) is 0 Å². The van der Waals surface area contributed by atoms with Gasteiger partial charge in [-0.3, -0.25) is 9.69 Å². The second kappa shape index (κ2) is 4.16. The molecule has 0 aromatic heterocycles. The maximum atomic E-state index is 12.0. The number of halogens is 1. The van der Waals surface area contributed by atoms with Crippen molar-refractivity contribution in [3.8, 4) is 0 Å². The van der Waals surface area contributed by atoms with E-state index in [9.17, 15) is 9.59 Å². The van der Waals surface area contributed by atoms with Crippen LogP contribution in [0.2, 0.25) is 0 Å². The molecule has 0 N–H and O–H groups in total. The summed E-state index contributed by atoms with van der Waals surface area (Å²) in [6.45, 7) is 5.47. The van der Waals surface area contributed by atoms with Crippen LogP contribution in [0.4, 0.5) is 4.79 Å². The SMILES string of the molecule is CC(C)(C)OC(=O)N1[C@@H]2C[C@@H]2C[C@H]1C(=O)CCl. The molecule has 1 heterocycles. The molecule has 3 atom stereocenters. The number of alkyl halides is 1. The summed E-state index contributed by atoms with van der Waals surface area (Å²) in [6.07, 6.45) is 1.35. The predicted octanol–water partition coefficient (Wildman–Crippen LogP) is 2.19. The van der Waals surface area contributed by atoms with Crippen molar-refractivity contribution < 1.29 is 14.3 Å². The molecule has 0 spiro atoms. The predicted molar refractivity (Wildman–Crippen MR) is 64.1 cm³/mol. The Morgan fingerprint density at radius 2 is 2.00 bits per heavy atom. The number of rotatable bonds is 2. The fourth-order valence-corrected chi connectivity index (χ4v) is 2.59. The number of ether oxygens (including phenoxy) is 1. The number of carbonyl (C=O) groups excluding carboxylic acids is 2. The maximum Gasteiger partial charge on any atom is 0.411 e. The number of carbonyl (C=O) groups is 2. The lowest BCUT2D eigenvalue weighted by Crippen LogP contribution is -2.46. The van der Waals surface area contributed by atoms with E-state index in [0.717, 1.165) is 12.8 Å². The first-order valence-corrected chi connectivity index (χ1v) is 6.47. The second-order valence-electron chi connectivity index (χ2n) is 5.80. The molecule has 0 radical (unpaired) electrons. The zero-order chi connectivity index (χ0) is 12.8. The minimum atomic E-state index is -0.529. The van der Waals surface area contributed by atoms with Gasteiger partial charge in [0, 0.05) is 6.04 Å². The van der Waals surface area contributed by atoms with Crippen LogP contribution in [0.3, 0.4) is 0 Å². The van der Waals surface area contributed by atoms with E-state index in [4.69, 9.17) is 16.3 Å². The lowest BCUT2D eigenvalue weighted by atomic mass is 10.1. The van der Waals surface area contributed by atoms with Crippen LogP contribution in [0.25, 0.3) is 0 Å². The normalized spacial score (nSPS) is 31.1. The molecule has 2 fully saturated rings. The van der Waals surface area contributed by atoms with Gasteiger partial charge in [0.25, 0.3) is 0 Å². The highest BCUT2D eigenvalue weighted by molar-refractivity contribution is 6.28. The fourth-order valence-electron chi connectivity index (χ4n) is 2.41. The summed E-state index contributed by atoms with van der Waals surface area (Å²) in [5.41, 5.74) is -0.529. The quantitative estimate of drug-likeness (QED) is 0.714. The van der Waals surface area contributed by atoms with Crippen LogP contribution in [0.15, 0.2) is 0 Å². The highest BCUT2D eigenvalue weighted by Crippen LogP contribution is 2.48. The van der Waals surface area contributed by atoms with Crippen molar-refractivity contribution in [2.75, 3.05) is 5.88 Å². The van der Waals surface area contributed by atoms with E-state index in [-0.39, 0.29) is 29.8 Å². The van der Waals surface area contributed by atoms with Crippen LogP contribution in [-0.2, 0) is 9.53 Å². The molecular formula is C12H18ClNO3. The van der Waals surface area contributed by atoms with Gasteiger partial charge in [-0.2, -0.15) is 0 Å². The first-order valence-electron chi connectivity index (χ1n) is 5.93. The number of Topliss-reactive ketones (excluding diaryl/α,β-unsaturated/α-hetero) is 1. The molecule has 4 nitrogen and oxygen atoms in total. The largest absolute Gasteiger partial charge is 0.444 e. The molecule has 5 heteroatoms. The van der Waals surface area contributed by atoms with Crippen LogP contribution in [0.1, 0.15) is 33.6 Å². The van der Waals surface area contributed by atoms with Gasteiger partial charge in [0.1, 0.15) is 5.60 Å². The molecule has 1 amide bonds. The molecule has 0 aromatic carbocycles. The molecular weight excluding hydrogens is 242 g/mol. The molecule has 1 aliphatic heterocycles. The van der Waals surface area contributed by atoms with Gasteiger partial charge in [-0.1, -0.05) is 0 Å². The Morgan fingerprint density at radius 1 is 1.35 bits per heavy atom. The lowest BCUT2D eigenvalue weighted by molar-refractivity contribution is -0.121. The zero-order valence-electron chi connectivity index (χ0n) is 10.4. The summed E-state index contributed by atoms with van der Waals surface area (Å²) in [5, 5.41) is 0. The van der Waals surface area contributed by atoms with Crippen molar-refractivity contribution >= 4 is 23.5 Å². The van der Waals surface area contributed by atoms with E-state index >= 15 is 0 Å². The Morgan fingerprint density at radius 3 is 2.53 bits per heavy atom. The molecule has 2 aliphatic rings. The Bertz CT molecular complexity index is 350. The number of hydrogen-bond acceptors (Lipinski definition) is 3. The van der Waals surface area contributed by atoms with Crippen LogP contribution in [-0.4, -0.2) is 40.3 Å². The van der Waals surface area contributed by atoms with Crippen LogP contribution >= 0.6 is 11.6 Å². The average Bonchev–Trinajstić information content (AvgIpc) is 2.85. The number of hydrogen-bond donors (Lipinski definition) is 0. The van der Waals surface area contributed by atoms with E-state index in [0.29, 0.717) is 5.92 Å². The van der Waals surface area contributed by atoms with Crippen LogP contribution in [0.5, 0.6) is 0 Å². The zero-order valence-corrected chi connectivity index (χ0v) is 11.2. The average molecular weight is 260 g/mol. The number of nitrogens with zero attached hydrogens (tertiary/aromatic N) is 1. The molecule has 1 saturated carbocycles. The van der Waals surface area contributed by atoms with Crippen molar-refractivity contribution in [2.24, 2.45) is 5.92 Å². The molecule has 0 bridgehead atoms. The Kier molecular flexibility index (Phi) is 3.10. The topological polar surface area (TPSA) is 46.6 Å². The molecule has 0 unspecified atom stereocenters. The Labute approximate surface area is 106 Å². The summed E-state index contributed by atoms with van der Waals surface area (Å²) in [6, 6.07) is -0.173. The van der Waals surface area contributed by atoms with Crippen molar-refractivity contribution in [3.05, 3.63) is 0 Å². The molecule has 2 rings (SSSR count). The van der Waals surface area contributed by atoms with Gasteiger partial charge in [0.05, 0.1) is 11.9 Å². The van der Waals surface area contributed by atoms with E-state index < -0.39 is 5.60 Å². The first kappa shape index (κ1) is 12.7. The Hall–Kier alpha value is -0.770. The van der Waals surface area contributed by atoms with E-state index in [1.54, 1.807) is 4.90 Å². The second-order valence-corrected chi connectivity index (χ2v) is 6.07. The summed E-state index contributed by atoms with van der Waals surface area (Å²) in [7, 11) is 0. The van der Waals surface area contributed by atoms with Gasteiger partial charge in [-0.25, -0.2) is 4.79 Å². The third kappa shape index (κ3) is 2.57. The van der Waals surface area contributed by atoms with Crippen molar-refractivity contribution in [1.82, 2.24) is 4.90 Å². The Balaban J connectivity index is 2.07. The minimum absolute atomic E-state index is 0.0383. The van der Waals surface area contributed by atoms with E-state index in [1.807, 2.05) is 20.8 Å². The van der Waals surface area contributed by atoms with Gasteiger partial charge in [-0.05, 0) is 39.5 Å². The highest BCUT2D eigenvalue weighted by Gasteiger charge is 2.56. The highest BCUT2D eigenvalue weighted by atomic mass is 35.5. The van der Waals surface area contributed by atoms with Crippen molar-refractivity contribution in [1.29, 1.82) is 0 Å². The van der Waals surface area contributed by atoms with Crippen LogP contribution in [0, 0.1) is 5.92 Å². The van der Waals surface area contributed by atoms with Gasteiger partial charge >= 0.3 is 6.09 Å². The summed E-state index contributed by atoms with van der Waals surface area (Å²) in [4.78, 5) is 25.3. The fraction of sp³-hybridized carbons (Fsp3) is 0.833. The van der Waals surface area contributed by atoms with Crippen LogP contribution < -0.4 is 0 Å². The molecule has 0 aromatic rings. The molecule has 1 saturated heterocycles. The first-order chi connectivity index (χ1) is 7.83. The van der Waals surface area contributed by atoms with E-state index in [2.05, 4.69) is 0 Å². The number of piperidine rings is 1. The van der Waals surface area contributed by atoms with Gasteiger partial charge < -0.3 is 4.74 Å². The molecule has 1 aliphatic carbocycles.